The Hall–Kier alpha value is -1.04. The summed E-state index contributed by atoms with van der Waals surface area (Å²) in [6.07, 6.45) is 1.21. The van der Waals surface area contributed by atoms with Gasteiger partial charge in [-0.05, 0) is 36.6 Å². The van der Waals surface area contributed by atoms with E-state index in [2.05, 4.69) is 23.5 Å². The highest BCUT2D eigenvalue weighted by atomic mass is 35.5. The largest absolute Gasteiger partial charge is 0.316 e. The zero-order valence-electron chi connectivity index (χ0n) is 7.86. The highest BCUT2D eigenvalue weighted by molar-refractivity contribution is 5.85. The van der Waals surface area contributed by atoms with E-state index in [1.807, 2.05) is 12.1 Å². The van der Waals surface area contributed by atoms with Crippen molar-refractivity contribution in [1.29, 1.82) is 5.26 Å². The van der Waals surface area contributed by atoms with Crippen LogP contribution in [0, 0.1) is 11.3 Å². The van der Waals surface area contributed by atoms with E-state index in [0.29, 0.717) is 5.92 Å². The second-order valence-corrected chi connectivity index (χ2v) is 3.42. The van der Waals surface area contributed by atoms with Crippen LogP contribution in [0.25, 0.3) is 0 Å². The molecule has 0 saturated carbocycles. The number of halogens is 1. The van der Waals surface area contributed by atoms with Gasteiger partial charge in [-0.25, -0.2) is 0 Å². The van der Waals surface area contributed by atoms with Crippen molar-refractivity contribution in [2.45, 2.75) is 12.3 Å². The predicted molar refractivity (Wildman–Crippen MR) is 58.6 cm³/mol. The number of benzene rings is 1. The molecule has 1 saturated heterocycles. The molecular weight excluding hydrogens is 196 g/mol. The first kappa shape index (κ1) is 11.0. The maximum Gasteiger partial charge on any atom is 0.0991 e. The van der Waals surface area contributed by atoms with E-state index < -0.39 is 0 Å². The van der Waals surface area contributed by atoms with E-state index in [4.69, 9.17) is 5.26 Å². The number of rotatable bonds is 1. The van der Waals surface area contributed by atoms with Crippen molar-refractivity contribution in [1.82, 2.24) is 5.32 Å². The zero-order chi connectivity index (χ0) is 9.10. The molecule has 14 heavy (non-hydrogen) atoms. The number of nitrogens with one attached hydrogen (secondary N) is 1. The van der Waals surface area contributed by atoms with Crippen molar-refractivity contribution in [3.63, 3.8) is 0 Å². The van der Waals surface area contributed by atoms with Gasteiger partial charge in [-0.1, -0.05) is 12.1 Å². The van der Waals surface area contributed by atoms with E-state index >= 15 is 0 Å². The zero-order valence-corrected chi connectivity index (χ0v) is 8.68. The van der Waals surface area contributed by atoms with Gasteiger partial charge in [-0.2, -0.15) is 5.26 Å². The third-order valence-corrected chi connectivity index (χ3v) is 2.57. The van der Waals surface area contributed by atoms with Crippen molar-refractivity contribution >= 4 is 12.4 Å². The minimum absolute atomic E-state index is 0. The lowest BCUT2D eigenvalue weighted by Gasteiger charge is -2.07. The fraction of sp³-hybridized carbons (Fsp3) is 0.364. The highest BCUT2D eigenvalue weighted by Gasteiger charge is 2.15. The van der Waals surface area contributed by atoms with Crippen LogP contribution in [0.2, 0.25) is 0 Å². The SMILES string of the molecule is Cl.N#Cc1ccc([C@@H]2CCNC2)cc1. The Labute approximate surface area is 90.3 Å². The van der Waals surface area contributed by atoms with Crippen LogP contribution < -0.4 is 5.32 Å². The predicted octanol–water partition coefficient (Wildman–Crippen LogP) is 2.06. The Balaban J connectivity index is 0.000000980. The first-order valence-corrected chi connectivity index (χ1v) is 4.61. The Morgan fingerprint density at radius 3 is 2.50 bits per heavy atom. The molecule has 0 spiro atoms. The van der Waals surface area contributed by atoms with Gasteiger partial charge in [0.05, 0.1) is 11.6 Å². The van der Waals surface area contributed by atoms with Crippen LogP contribution in [-0.4, -0.2) is 13.1 Å². The molecule has 0 amide bonds. The molecule has 1 aliphatic heterocycles. The van der Waals surface area contributed by atoms with Crippen LogP contribution in [-0.2, 0) is 0 Å². The summed E-state index contributed by atoms with van der Waals surface area (Å²) in [7, 11) is 0. The minimum atomic E-state index is 0. The first-order valence-electron chi connectivity index (χ1n) is 4.61. The number of hydrogen-bond acceptors (Lipinski definition) is 2. The molecule has 74 valence electrons. The number of hydrogen-bond donors (Lipinski definition) is 1. The fourth-order valence-corrected chi connectivity index (χ4v) is 1.77. The minimum Gasteiger partial charge on any atom is -0.316 e. The van der Waals surface area contributed by atoms with Gasteiger partial charge in [0.15, 0.2) is 0 Å². The van der Waals surface area contributed by atoms with Crippen LogP contribution in [0.15, 0.2) is 24.3 Å². The van der Waals surface area contributed by atoms with E-state index in [0.717, 1.165) is 18.7 Å². The molecule has 1 aromatic rings. The van der Waals surface area contributed by atoms with Crippen molar-refractivity contribution in [2.75, 3.05) is 13.1 Å². The van der Waals surface area contributed by atoms with Gasteiger partial charge in [0.1, 0.15) is 0 Å². The molecule has 0 radical (unpaired) electrons. The summed E-state index contributed by atoms with van der Waals surface area (Å²) in [5.41, 5.74) is 2.10. The second kappa shape index (κ2) is 4.99. The molecular formula is C11H13ClN2. The first-order chi connectivity index (χ1) is 6.40. The van der Waals surface area contributed by atoms with Crippen molar-refractivity contribution < 1.29 is 0 Å². The van der Waals surface area contributed by atoms with E-state index in [1.54, 1.807) is 0 Å². The molecule has 3 heteroatoms. The Morgan fingerprint density at radius 2 is 2.00 bits per heavy atom. The third kappa shape index (κ3) is 2.25. The Bertz CT molecular complexity index is 320. The summed E-state index contributed by atoms with van der Waals surface area (Å²) >= 11 is 0. The van der Waals surface area contributed by atoms with Gasteiger partial charge in [0, 0.05) is 6.54 Å². The molecule has 0 aliphatic carbocycles. The summed E-state index contributed by atoms with van der Waals surface area (Å²) in [6.45, 7) is 2.19. The van der Waals surface area contributed by atoms with Crippen molar-refractivity contribution in [3.8, 4) is 6.07 Å². The molecule has 1 aliphatic rings. The van der Waals surface area contributed by atoms with Crippen LogP contribution in [0.3, 0.4) is 0 Å². The van der Waals surface area contributed by atoms with Crippen molar-refractivity contribution in [3.05, 3.63) is 35.4 Å². The normalized spacial score (nSPS) is 19.8. The smallest absolute Gasteiger partial charge is 0.0991 e. The van der Waals surface area contributed by atoms with Crippen LogP contribution >= 0.6 is 12.4 Å². The lowest BCUT2D eigenvalue weighted by molar-refractivity contribution is 0.763. The lowest BCUT2D eigenvalue weighted by Crippen LogP contribution is -2.07. The summed E-state index contributed by atoms with van der Waals surface area (Å²) in [4.78, 5) is 0. The number of nitriles is 1. The average molecular weight is 209 g/mol. The molecule has 1 atom stereocenters. The van der Waals surface area contributed by atoms with Crippen molar-refractivity contribution in [2.24, 2.45) is 0 Å². The molecule has 1 heterocycles. The second-order valence-electron chi connectivity index (χ2n) is 3.42. The third-order valence-electron chi connectivity index (χ3n) is 2.57. The van der Waals surface area contributed by atoms with Crippen LogP contribution in [0.5, 0.6) is 0 Å². The fourth-order valence-electron chi connectivity index (χ4n) is 1.77. The summed E-state index contributed by atoms with van der Waals surface area (Å²) < 4.78 is 0. The standard InChI is InChI=1S/C11H12N2.ClH/c12-7-9-1-3-10(4-2-9)11-5-6-13-8-11;/h1-4,11,13H,5-6,8H2;1H/t11-;/m1./s1. The summed E-state index contributed by atoms with van der Waals surface area (Å²) in [5, 5.41) is 12.0. The van der Waals surface area contributed by atoms with E-state index in [-0.39, 0.29) is 12.4 Å². The maximum absolute atomic E-state index is 8.63. The average Bonchev–Trinajstić information content (AvgIpc) is 2.71. The quantitative estimate of drug-likeness (QED) is 0.767. The molecule has 1 aromatic carbocycles. The maximum atomic E-state index is 8.63. The summed E-state index contributed by atoms with van der Waals surface area (Å²) in [6, 6.07) is 10.1. The van der Waals surface area contributed by atoms with E-state index in [1.165, 1.54) is 12.0 Å². The Kier molecular flexibility index (Phi) is 3.94. The van der Waals surface area contributed by atoms with Gasteiger partial charge in [-0.3, -0.25) is 0 Å². The van der Waals surface area contributed by atoms with Gasteiger partial charge in [0.25, 0.3) is 0 Å². The highest BCUT2D eigenvalue weighted by Crippen LogP contribution is 2.22. The summed E-state index contributed by atoms with van der Waals surface area (Å²) in [5.74, 6) is 0.646. The van der Waals surface area contributed by atoms with Gasteiger partial charge < -0.3 is 5.32 Å². The monoisotopic (exact) mass is 208 g/mol. The van der Waals surface area contributed by atoms with Crippen LogP contribution in [0.4, 0.5) is 0 Å². The van der Waals surface area contributed by atoms with Gasteiger partial charge >= 0.3 is 0 Å². The molecule has 2 nitrogen and oxygen atoms in total. The number of nitrogens with zero attached hydrogens (tertiary/aromatic N) is 1. The molecule has 0 bridgehead atoms. The van der Waals surface area contributed by atoms with Gasteiger partial charge in [-0.15, -0.1) is 12.4 Å². The molecule has 0 aromatic heterocycles. The van der Waals surface area contributed by atoms with Crippen LogP contribution in [0.1, 0.15) is 23.5 Å². The Morgan fingerprint density at radius 1 is 1.29 bits per heavy atom. The topological polar surface area (TPSA) is 35.8 Å². The van der Waals surface area contributed by atoms with Gasteiger partial charge in [0.2, 0.25) is 0 Å². The molecule has 1 N–H and O–H groups in total. The van der Waals surface area contributed by atoms with E-state index in [9.17, 15) is 0 Å². The molecule has 1 fully saturated rings. The molecule has 2 rings (SSSR count). The molecule has 0 unspecified atom stereocenters. The lowest BCUT2D eigenvalue weighted by atomic mass is 9.98.